The van der Waals surface area contributed by atoms with Crippen LogP contribution in [0.5, 0.6) is 0 Å². The minimum atomic E-state index is -0.171. The van der Waals surface area contributed by atoms with Crippen molar-refractivity contribution in [1.29, 1.82) is 0 Å². The Labute approximate surface area is 92.1 Å². The second kappa shape index (κ2) is 6.47. The average Bonchev–Trinajstić information content (AvgIpc) is 2.14. The molecule has 0 amide bonds. The first-order valence-corrected chi connectivity index (χ1v) is 6.50. The molecule has 1 aromatic rings. The average molecular weight is 231 g/mol. The van der Waals surface area contributed by atoms with Crippen LogP contribution in [0.25, 0.3) is 0 Å². The molecular weight excluding hydrogens is 219 g/mol. The van der Waals surface area contributed by atoms with Gasteiger partial charge in [-0.3, -0.25) is 0 Å². The number of aryl methyl sites for hydroxylation is 1. The molecule has 0 saturated carbocycles. The van der Waals surface area contributed by atoms with E-state index in [-0.39, 0.29) is 4.46 Å². The fraction of sp³-hybridized carbons (Fsp3) is 0.400. The van der Waals surface area contributed by atoms with Crippen LogP contribution in [0.2, 0.25) is 6.04 Å². The number of halogens is 2. The molecule has 0 unspecified atom stereocenters. The molecule has 0 spiro atoms. The van der Waals surface area contributed by atoms with Gasteiger partial charge < -0.3 is 0 Å². The zero-order valence-corrected chi connectivity index (χ0v) is 9.85. The maximum atomic E-state index is 5.64. The van der Waals surface area contributed by atoms with Gasteiger partial charge in [-0.1, -0.05) is 42.8 Å². The highest BCUT2D eigenvalue weighted by atomic mass is 35.5. The highest BCUT2D eigenvalue weighted by Gasteiger charge is 1.99. The van der Waals surface area contributed by atoms with Gasteiger partial charge in [-0.15, -0.1) is 23.2 Å². The predicted octanol–water partition coefficient (Wildman–Crippen LogP) is 3.50. The molecule has 13 heavy (non-hydrogen) atoms. The van der Waals surface area contributed by atoms with E-state index < -0.39 is 0 Å². The molecule has 0 aliphatic carbocycles. The third-order valence-electron chi connectivity index (χ3n) is 1.78. The van der Waals surface area contributed by atoms with Crippen LogP contribution in [0, 0.1) is 0 Å². The van der Waals surface area contributed by atoms with Gasteiger partial charge in [-0.05, 0) is 12.0 Å². The van der Waals surface area contributed by atoms with E-state index in [2.05, 4.69) is 24.3 Å². The summed E-state index contributed by atoms with van der Waals surface area (Å²) in [6, 6.07) is 11.6. The van der Waals surface area contributed by atoms with Crippen LogP contribution >= 0.6 is 23.2 Å². The van der Waals surface area contributed by atoms with Crippen molar-refractivity contribution in [1.82, 2.24) is 0 Å². The van der Waals surface area contributed by atoms with Gasteiger partial charge in [0.15, 0.2) is 0 Å². The van der Waals surface area contributed by atoms with E-state index in [0.717, 1.165) is 12.5 Å². The van der Waals surface area contributed by atoms with Crippen molar-refractivity contribution < 1.29 is 0 Å². The Morgan fingerprint density at radius 2 is 1.85 bits per heavy atom. The molecule has 0 heterocycles. The molecule has 0 atom stereocenters. The molecule has 1 aromatic carbocycles. The van der Waals surface area contributed by atoms with Gasteiger partial charge >= 0.3 is 0 Å². The van der Waals surface area contributed by atoms with E-state index in [1.807, 2.05) is 6.07 Å². The van der Waals surface area contributed by atoms with E-state index in [4.69, 9.17) is 23.2 Å². The van der Waals surface area contributed by atoms with Crippen molar-refractivity contribution in [2.75, 3.05) is 0 Å². The molecular formula is C10H12Cl2Si. The van der Waals surface area contributed by atoms with E-state index in [9.17, 15) is 0 Å². The van der Waals surface area contributed by atoms with Crippen molar-refractivity contribution in [3.8, 4) is 0 Å². The van der Waals surface area contributed by atoms with Crippen LogP contribution in [0.4, 0.5) is 0 Å². The Morgan fingerprint density at radius 1 is 1.15 bits per heavy atom. The molecule has 0 bridgehead atoms. The van der Waals surface area contributed by atoms with Crippen molar-refractivity contribution in [2.45, 2.75) is 23.3 Å². The summed E-state index contributed by atoms with van der Waals surface area (Å²) < 4.78 is -0.171. The van der Waals surface area contributed by atoms with Crippen LogP contribution < -0.4 is 0 Å². The monoisotopic (exact) mass is 230 g/mol. The zero-order valence-electron chi connectivity index (χ0n) is 7.34. The summed E-state index contributed by atoms with van der Waals surface area (Å²) in [7, 11) is 0.671. The van der Waals surface area contributed by atoms with Gasteiger partial charge in [-0.2, -0.15) is 0 Å². The molecule has 0 aliphatic heterocycles. The van der Waals surface area contributed by atoms with Crippen LogP contribution in [0.1, 0.15) is 12.0 Å². The highest BCUT2D eigenvalue weighted by molar-refractivity contribution is 6.68. The molecule has 1 rings (SSSR count). The Bertz CT molecular complexity index is 224. The molecule has 0 nitrogen and oxygen atoms in total. The van der Waals surface area contributed by atoms with Crippen molar-refractivity contribution >= 4 is 32.7 Å². The van der Waals surface area contributed by atoms with E-state index in [0.29, 0.717) is 9.52 Å². The normalized spacial score (nSPS) is 10.7. The summed E-state index contributed by atoms with van der Waals surface area (Å²) in [5.41, 5.74) is 1.40. The summed E-state index contributed by atoms with van der Waals surface area (Å²) in [5.74, 6) is 0. The summed E-state index contributed by atoms with van der Waals surface area (Å²) in [5, 5.41) is 0. The minimum Gasteiger partial charge on any atom is -0.110 e. The van der Waals surface area contributed by atoms with Crippen LogP contribution in [0.15, 0.2) is 30.3 Å². The lowest BCUT2D eigenvalue weighted by Gasteiger charge is -2.00. The molecule has 0 aromatic heterocycles. The third-order valence-corrected chi connectivity index (χ3v) is 3.66. The second-order valence-corrected chi connectivity index (χ2v) is 6.16. The molecule has 70 valence electrons. The molecule has 0 saturated heterocycles. The first-order valence-electron chi connectivity index (χ1n) is 4.34. The summed E-state index contributed by atoms with van der Waals surface area (Å²) in [6.45, 7) is 0. The summed E-state index contributed by atoms with van der Waals surface area (Å²) in [6.07, 6.45) is 2.31. The second-order valence-electron chi connectivity index (χ2n) is 2.84. The Balaban J connectivity index is 2.13. The topological polar surface area (TPSA) is 0 Å². The number of hydrogen-bond acceptors (Lipinski definition) is 0. The van der Waals surface area contributed by atoms with Crippen LogP contribution in [-0.2, 0) is 6.42 Å². The predicted molar refractivity (Wildman–Crippen MR) is 60.8 cm³/mol. The SMILES string of the molecule is ClC(Cl)[Si]CCCc1ccccc1. The standard InChI is InChI=1S/C10H12Cl2Si/c11-10(12)13-8-4-7-9-5-2-1-3-6-9/h1-3,5-6,10H,4,7-8H2. The van der Waals surface area contributed by atoms with Gasteiger partial charge in [0, 0.05) is 0 Å². The Hall–Kier alpha value is 0.0169. The lowest BCUT2D eigenvalue weighted by Crippen LogP contribution is -2.00. The molecule has 2 radical (unpaired) electrons. The van der Waals surface area contributed by atoms with E-state index in [1.54, 1.807) is 0 Å². The highest BCUT2D eigenvalue weighted by Crippen LogP contribution is 2.07. The van der Waals surface area contributed by atoms with Gasteiger partial charge in [0.1, 0.15) is 0 Å². The third kappa shape index (κ3) is 5.35. The molecule has 0 aliphatic rings. The first kappa shape index (κ1) is 11.1. The van der Waals surface area contributed by atoms with Crippen molar-refractivity contribution in [2.24, 2.45) is 0 Å². The van der Waals surface area contributed by atoms with E-state index >= 15 is 0 Å². The lowest BCUT2D eigenvalue weighted by atomic mass is 10.1. The minimum absolute atomic E-state index is 0.171. The fourth-order valence-electron chi connectivity index (χ4n) is 1.15. The summed E-state index contributed by atoms with van der Waals surface area (Å²) >= 11 is 11.3. The fourth-order valence-corrected chi connectivity index (χ4v) is 2.40. The van der Waals surface area contributed by atoms with Gasteiger partial charge in [0.25, 0.3) is 0 Å². The van der Waals surface area contributed by atoms with Crippen molar-refractivity contribution in [3.63, 3.8) is 0 Å². The van der Waals surface area contributed by atoms with Crippen LogP contribution in [-0.4, -0.2) is 14.0 Å². The Kier molecular flexibility index (Phi) is 5.52. The maximum absolute atomic E-state index is 5.64. The van der Waals surface area contributed by atoms with Gasteiger partial charge in [0.2, 0.25) is 0 Å². The quantitative estimate of drug-likeness (QED) is 0.413. The summed E-state index contributed by atoms with van der Waals surface area (Å²) in [4.78, 5) is 0. The molecule has 0 N–H and O–H groups in total. The first-order chi connectivity index (χ1) is 6.29. The number of benzene rings is 1. The maximum Gasteiger partial charge on any atom is 0.0929 e. The lowest BCUT2D eigenvalue weighted by molar-refractivity contribution is 0.914. The smallest absolute Gasteiger partial charge is 0.0929 e. The van der Waals surface area contributed by atoms with E-state index in [1.165, 1.54) is 12.0 Å². The Morgan fingerprint density at radius 3 is 2.46 bits per heavy atom. The van der Waals surface area contributed by atoms with Gasteiger partial charge in [-0.25, -0.2) is 0 Å². The zero-order chi connectivity index (χ0) is 9.52. The number of hydrogen-bond donors (Lipinski definition) is 0. The van der Waals surface area contributed by atoms with Crippen LogP contribution in [0.3, 0.4) is 0 Å². The molecule has 0 fully saturated rings. The van der Waals surface area contributed by atoms with Gasteiger partial charge in [0.05, 0.1) is 14.0 Å². The largest absolute Gasteiger partial charge is 0.110 e. The number of rotatable bonds is 5. The number of alkyl halides is 2. The molecule has 3 heteroatoms. The van der Waals surface area contributed by atoms with Crippen molar-refractivity contribution in [3.05, 3.63) is 35.9 Å².